The Balaban J connectivity index is 2.41. The predicted molar refractivity (Wildman–Crippen MR) is 85.7 cm³/mol. The van der Waals surface area contributed by atoms with Crippen molar-refractivity contribution in [1.82, 2.24) is 0 Å². The van der Waals surface area contributed by atoms with Gasteiger partial charge in [-0.15, -0.1) is 11.3 Å². The van der Waals surface area contributed by atoms with Gasteiger partial charge in [-0.25, -0.2) is 13.2 Å². The summed E-state index contributed by atoms with van der Waals surface area (Å²) in [7, 11) is -3.81. The summed E-state index contributed by atoms with van der Waals surface area (Å²) in [6, 6.07) is 6.58. The standard InChI is InChI=1S/C13H12BrNO4S2/c1-7-4-3-5-9(11(7)14)15-21(18,19)10-6-8(2)12(20-10)13(16)17/h3-6,15H,1-2H3,(H,16,17). The average molecular weight is 390 g/mol. The first-order valence-corrected chi connectivity index (χ1v) is 8.93. The molecule has 0 amide bonds. The van der Waals surface area contributed by atoms with Crippen molar-refractivity contribution in [2.24, 2.45) is 0 Å². The lowest BCUT2D eigenvalue weighted by Gasteiger charge is -2.09. The van der Waals surface area contributed by atoms with Crippen LogP contribution in [0.15, 0.2) is 32.9 Å². The fourth-order valence-corrected chi connectivity index (χ4v) is 4.66. The molecule has 2 rings (SSSR count). The van der Waals surface area contributed by atoms with Crippen molar-refractivity contribution in [1.29, 1.82) is 0 Å². The summed E-state index contributed by atoms with van der Waals surface area (Å²) in [5, 5.41) is 9.00. The van der Waals surface area contributed by atoms with Gasteiger partial charge in [0, 0.05) is 4.47 Å². The maximum absolute atomic E-state index is 12.3. The van der Waals surface area contributed by atoms with Crippen LogP contribution in [-0.2, 0) is 10.0 Å². The topological polar surface area (TPSA) is 83.5 Å². The fourth-order valence-electron chi connectivity index (χ4n) is 1.72. The van der Waals surface area contributed by atoms with Crippen LogP contribution in [0.25, 0.3) is 0 Å². The molecule has 1 aromatic heterocycles. The zero-order valence-corrected chi connectivity index (χ0v) is 14.4. The molecule has 0 fully saturated rings. The van der Waals surface area contributed by atoms with Crippen molar-refractivity contribution in [3.63, 3.8) is 0 Å². The minimum Gasteiger partial charge on any atom is -0.477 e. The van der Waals surface area contributed by atoms with E-state index in [9.17, 15) is 13.2 Å². The van der Waals surface area contributed by atoms with E-state index in [4.69, 9.17) is 5.11 Å². The van der Waals surface area contributed by atoms with E-state index in [-0.39, 0.29) is 9.09 Å². The maximum Gasteiger partial charge on any atom is 0.346 e. The van der Waals surface area contributed by atoms with Crippen LogP contribution in [0.2, 0.25) is 0 Å². The number of anilines is 1. The number of halogens is 1. The molecule has 8 heteroatoms. The molecule has 21 heavy (non-hydrogen) atoms. The molecule has 112 valence electrons. The van der Waals surface area contributed by atoms with E-state index in [1.165, 1.54) is 6.07 Å². The molecular weight excluding hydrogens is 378 g/mol. The Bertz CT molecular complexity index is 812. The van der Waals surface area contributed by atoms with Crippen LogP contribution >= 0.6 is 27.3 Å². The van der Waals surface area contributed by atoms with Crippen LogP contribution in [0.5, 0.6) is 0 Å². The van der Waals surface area contributed by atoms with Gasteiger partial charge in [0.1, 0.15) is 9.09 Å². The van der Waals surface area contributed by atoms with Crippen molar-refractivity contribution < 1.29 is 18.3 Å². The highest BCUT2D eigenvalue weighted by atomic mass is 79.9. The molecule has 0 aliphatic heterocycles. The number of benzene rings is 1. The van der Waals surface area contributed by atoms with Crippen molar-refractivity contribution in [2.75, 3.05) is 4.72 Å². The van der Waals surface area contributed by atoms with Gasteiger partial charge in [0.25, 0.3) is 10.0 Å². The molecule has 2 aromatic rings. The number of aromatic carboxylic acids is 1. The summed E-state index contributed by atoms with van der Waals surface area (Å²) in [6.07, 6.45) is 0. The smallest absolute Gasteiger partial charge is 0.346 e. The number of sulfonamides is 1. The first-order valence-electron chi connectivity index (χ1n) is 5.84. The quantitative estimate of drug-likeness (QED) is 0.835. The largest absolute Gasteiger partial charge is 0.477 e. The molecular formula is C13H12BrNO4S2. The van der Waals surface area contributed by atoms with Gasteiger partial charge in [-0.05, 0) is 53.0 Å². The predicted octanol–water partition coefficient (Wildman–Crippen LogP) is 3.63. The highest BCUT2D eigenvalue weighted by molar-refractivity contribution is 9.10. The summed E-state index contributed by atoms with van der Waals surface area (Å²) < 4.78 is 27.8. The lowest BCUT2D eigenvalue weighted by Crippen LogP contribution is -2.12. The van der Waals surface area contributed by atoms with E-state index in [1.54, 1.807) is 19.1 Å². The van der Waals surface area contributed by atoms with Crippen LogP contribution in [0.4, 0.5) is 5.69 Å². The van der Waals surface area contributed by atoms with Crippen LogP contribution in [0.1, 0.15) is 20.8 Å². The van der Waals surface area contributed by atoms with E-state index in [0.29, 0.717) is 15.7 Å². The molecule has 0 radical (unpaired) electrons. The molecule has 2 N–H and O–H groups in total. The Hall–Kier alpha value is -1.38. The Morgan fingerprint density at radius 2 is 1.95 bits per heavy atom. The highest BCUT2D eigenvalue weighted by Gasteiger charge is 2.22. The Labute approximate surface area is 134 Å². The molecule has 0 spiro atoms. The third-order valence-corrected chi connectivity index (χ3v) is 6.91. The molecule has 1 heterocycles. The van der Waals surface area contributed by atoms with E-state index >= 15 is 0 Å². The van der Waals surface area contributed by atoms with Crippen LogP contribution in [-0.4, -0.2) is 19.5 Å². The summed E-state index contributed by atoms with van der Waals surface area (Å²) in [5.74, 6) is -1.13. The molecule has 0 atom stereocenters. The molecule has 0 bridgehead atoms. The van der Waals surface area contributed by atoms with E-state index in [2.05, 4.69) is 20.7 Å². The van der Waals surface area contributed by atoms with Crippen LogP contribution in [0, 0.1) is 13.8 Å². The Morgan fingerprint density at radius 1 is 1.29 bits per heavy atom. The maximum atomic E-state index is 12.3. The van der Waals surface area contributed by atoms with Crippen molar-refractivity contribution in [3.8, 4) is 0 Å². The third kappa shape index (κ3) is 3.28. The second kappa shape index (κ2) is 5.78. The third-order valence-electron chi connectivity index (χ3n) is 2.79. The van der Waals surface area contributed by atoms with Gasteiger partial charge in [0.05, 0.1) is 5.69 Å². The Morgan fingerprint density at radius 3 is 2.52 bits per heavy atom. The fraction of sp³-hybridized carbons (Fsp3) is 0.154. The number of carboxylic acids is 1. The second-order valence-corrected chi connectivity index (χ2v) is 8.18. The molecule has 5 nitrogen and oxygen atoms in total. The van der Waals surface area contributed by atoms with E-state index in [1.807, 2.05) is 13.0 Å². The number of nitrogens with one attached hydrogen (secondary N) is 1. The average Bonchev–Trinajstić information content (AvgIpc) is 2.78. The second-order valence-electron chi connectivity index (χ2n) is 4.42. The minimum absolute atomic E-state index is 0.0224. The first kappa shape index (κ1) is 16.0. The van der Waals surface area contributed by atoms with Crippen molar-refractivity contribution >= 4 is 48.9 Å². The summed E-state index contributed by atoms with van der Waals surface area (Å²) in [4.78, 5) is 11.0. The first-order chi connectivity index (χ1) is 9.72. The summed E-state index contributed by atoms with van der Waals surface area (Å²) in [6.45, 7) is 3.42. The minimum atomic E-state index is -3.81. The molecule has 0 aliphatic carbocycles. The van der Waals surface area contributed by atoms with Gasteiger partial charge in [0.2, 0.25) is 0 Å². The Kier molecular flexibility index (Phi) is 4.40. The number of thiophene rings is 1. The molecule has 0 aliphatic rings. The number of hydrogen-bond acceptors (Lipinski definition) is 4. The molecule has 1 aromatic carbocycles. The number of hydrogen-bond donors (Lipinski definition) is 2. The van der Waals surface area contributed by atoms with E-state index in [0.717, 1.165) is 16.9 Å². The lowest BCUT2D eigenvalue weighted by atomic mass is 10.2. The van der Waals surface area contributed by atoms with Gasteiger partial charge in [-0.3, -0.25) is 4.72 Å². The molecule has 0 unspecified atom stereocenters. The van der Waals surface area contributed by atoms with Crippen molar-refractivity contribution in [3.05, 3.63) is 44.7 Å². The number of rotatable bonds is 4. The molecule has 0 saturated heterocycles. The number of aryl methyl sites for hydroxylation is 2. The van der Waals surface area contributed by atoms with E-state index < -0.39 is 16.0 Å². The van der Waals surface area contributed by atoms with Gasteiger partial charge < -0.3 is 5.11 Å². The monoisotopic (exact) mass is 389 g/mol. The van der Waals surface area contributed by atoms with Crippen molar-refractivity contribution in [2.45, 2.75) is 18.1 Å². The SMILES string of the molecule is Cc1cc(S(=O)(=O)Nc2cccc(C)c2Br)sc1C(=O)O. The number of carbonyl (C=O) groups is 1. The van der Waals surface area contributed by atoms with Gasteiger partial charge >= 0.3 is 5.97 Å². The summed E-state index contributed by atoms with van der Waals surface area (Å²) in [5.41, 5.74) is 1.73. The zero-order chi connectivity index (χ0) is 15.8. The lowest BCUT2D eigenvalue weighted by molar-refractivity contribution is 0.0701. The zero-order valence-electron chi connectivity index (χ0n) is 11.2. The highest BCUT2D eigenvalue weighted by Crippen LogP contribution is 2.31. The van der Waals surface area contributed by atoms with Crippen LogP contribution < -0.4 is 4.72 Å². The van der Waals surface area contributed by atoms with Gasteiger partial charge in [-0.2, -0.15) is 0 Å². The normalized spacial score (nSPS) is 11.4. The van der Waals surface area contributed by atoms with Crippen LogP contribution in [0.3, 0.4) is 0 Å². The number of carboxylic acid groups (broad SMARTS) is 1. The van der Waals surface area contributed by atoms with Gasteiger partial charge in [0.15, 0.2) is 0 Å². The summed E-state index contributed by atoms with van der Waals surface area (Å²) >= 11 is 4.07. The molecule has 0 saturated carbocycles. The van der Waals surface area contributed by atoms with Gasteiger partial charge in [-0.1, -0.05) is 12.1 Å².